The number of hydrogen-bond donors (Lipinski definition) is 2. The van der Waals surface area contributed by atoms with E-state index in [9.17, 15) is 14.7 Å². The molecule has 1 aromatic rings. The maximum absolute atomic E-state index is 12.3. The lowest BCUT2D eigenvalue weighted by atomic mass is 9.87. The molecule has 0 heterocycles. The number of rotatable bonds is 6. The standard InChI is InChI=1S/C18H22ClN3O3/c1-22(2)8-7-20-11-15-16(23)9-12(10-17(15)24)18(25)21-14-5-3-13(19)4-6-14/h3-6,11-12,23H,7-10H2,1-2H3,(H,21,25). The van der Waals surface area contributed by atoms with E-state index < -0.39 is 5.92 Å². The first-order valence-electron chi connectivity index (χ1n) is 8.03. The van der Waals surface area contributed by atoms with Crippen LogP contribution in [0.2, 0.25) is 5.02 Å². The Bertz CT molecular complexity index is 696. The van der Waals surface area contributed by atoms with Crippen LogP contribution in [0, 0.1) is 5.92 Å². The highest BCUT2D eigenvalue weighted by molar-refractivity contribution is 6.30. The third kappa shape index (κ3) is 5.69. The van der Waals surface area contributed by atoms with Gasteiger partial charge in [0, 0.05) is 36.3 Å². The summed E-state index contributed by atoms with van der Waals surface area (Å²) in [4.78, 5) is 30.7. The number of amides is 1. The smallest absolute Gasteiger partial charge is 0.228 e. The number of halogens is 1. The van der Waals surface area contributed by atoms with Crippen molar-refractivity contribution < 1.29 is 14.7 Å². The van der Waals surface area contributed by atoms with Crippen molar-refractivity contribution in [2.24, 2.45) is 10.9 Å². The molecule has 0 saturated carbocycles. The second kappa shape index (κ2) is 8.78. The average molecular weight is 364 g/mol. The second-order valence-corrected chi connectivity index (χ2v) is 6.66. The van der Waals surface area contributed by atoms with Crippen molar-refractivity contribution in [3.05, 3.63) is 40.6 Å². The van der Waals surface area contributed by atoms with Crippen LogP contribution in [0.15, 0.2) is 40.6 Å². The van der Waals surface area contributed by atoms with Crippen molar-refractivity contribution in [3.8, 4) is 0 Å². The second-order valence-electron chi connectivity index (χ2n) is 6.22. The molecule has 134 valence electrons. The van der Waals surface area contributed by atoms with Gasteiger partial charge < -0.3 is 15.3 Å². The Morgan fingerprint density at radius 1 is 1.36 bits per heavy atom. The molecule has 2 N–H and O–H groups in total. The van der Waals surface area contributed by atoms with Crippen molar-refractivity contribution in [2.45, 2.75) is 12.8 Å². The number of aliphatic hydroxyl groups is 1. The molecule has 1 aliphatic rings. The fourth-order valence-corrected chi connectivity index (χ4v) is 2.56. The number of anilines is 1. The molecule has 1 amide bonds. The molecule has 1 atom stereocenters. The van der Waals surface area contributed by atoms with Gasteiger partial charge >= 0.3 is 0 Å². The molecule has 0 saturated heterocycles. The molecule has 0 aromatic heterocycles. The number of ketones is 1. The van der Waals surface area contributed by atoms with Gasteiger partial charge in [-0.1, -0.05) is 11.6 Å². The zero-order chi connectivity index (χ0) is 18.4. The predicted octanol–water partition coefficient (Wildman–Crippen LogP) is 2.70. The van der Waals surface area contributed by atoms with E-state index in [-0.39, 0.29) is 35.9 Å². The number of Topliss-reactive ketones (excluding diaryl/α,β-unsaturated/α-hetero) is 1. The Balaban J connectivity index is 1.98. The number of carbonyl (C=O) groups is 2. The lowest BCUT2D eigenvalue weighted by Crippen LogP contribution is -2.30. The summed E-state index contributed by atoms with van der Waals surface area (Å²) in [5.74, 6) is -1.25. The lowest BCUT2D eigenvalue weighted by molar-refractivity contribution is -0.125. The zero-order valence-electron chi connectivity index (χ0n) is 14.3. The minimum atomic E-state index is -0.595. The highest BCUT2D eigenvalue weighted by atomic mass is 35.5. The Kier molecular flexibility index (Phi) is 6.73. The Morgan fingerprint density at radius 3 is 2.64 bits per heavy atom. The fraction of sp³-hybridized carbons (Fsp3) is 0.389. The molecule has 2 rings (SSSR count). The van der Waals surface area contributed by atoms with E-state index in [1.54, 1.807) is 24.3 Å². The predicted molar refractivity (Wildman–Crippen MR) is 99.4 cm³/mol. The van der Waals surface area contributed by atoms with Gasteiger partial charge in [0.15, 0.2) is 5.78 Å². The summed E-state index contributed by atoms with van der Waals surface area (Å²) in [5, 5.41) is 13.4. The van der Waals surface area contributed by atoms with Crippen molar-refractivity contribution in [2.75, 3.05) is 32.5 Å². The van der Waals surface area contributed by atoms with Crippen LogP contribution in [-0.2, 0) is 9.59 Å². The normalized spacial score (nSPS) is 18.2. The van der Waals surface area contributed by atoms with Gasteiger partial charge in [-0.25, -0.2) is 0 Å². The Labute approximate surface area is 152 Å². The summed E-state index contributed by atoms with van der Waals surface area (Å²) in [7, 11) is 3.86. The van der Waals surface area contributed by atoms with Crippen LogP contribution in [-0.4, -0.2) is 55.1 Å². The van der Waals surface area contributed by atoms with Gasteiger partial charge in [-0.2, -0.15) is 0 Å². The number of likely N-dealkylation sites (N-methyl/N-ethyl adjacent to an activating group) is 1. The molecule has 7 heteroatoms. The zero-order valence-corrected chi connectivity index (χ0v) is 15.1. The molecular weight excluding hydrogens is 342 g/mol. The van der Waals surface area contributed by atoms with E-state index in [0.717, 1.165) is 6.54 Å². The maximum atomic E-state index is 12.3. The van der Waals surface area contributed by atoms with Crippen LogP contribution in [0.3, 0.4) is 0 Å². The van der Waals surface area contributed by atoms with Crippen molar-refractivity contribution >= 4 is 35.2 Å². The molecule has 0 aliphatic heterocycles. The van der Waals surface area contributed by atoms with Gasteiger partial charge in [-0.15, -0.1) is 0 Å². The Morgan fingerprint density at radius 2 is 2.04 bits per heavy atom. The number of allylic oxidation sites excluding steroid dienone is 2. The molecule has 1 aliphatic carbocycles. The summed E-state index contributed by atoms with van der Waals surface area (Å²) in [6, 6.07) is 6.71. The average Bonchev–Trinajstić information content (AvgIpc) is 2.55. The van der Waals surface area contributed by atoms with Crippen molar-refractivity contribution in [3.63, 3.8) is 0 Å². The van der Waals surface area contributed by atoms with Crippen LogP contribution in [0.4, 0.5) is 5.69 Å². The van der Waals surface area contributed by atoms with E-state index in [1.165, 1.54) is 6.21 Å². The number of nitrogens with one attached hydrogen (secondary N) is 1. The highest BCUT2D eigenvalue weighted by Gasteiger charge is 2.31. The third-order valence-electron chi connectivity index (χ3n) is 3.86. The molecule has 0 bridgehead atoms. The molecule has 6 nitrogen and oxygen atoms in total. The van der Waals surface area contributed by atoms with Crippen molar-refractivity contribution in [1.29, 1.82) is 0 Å². The number of nitrogens with zero attached hydrogens (tertiary/aromatic N) is 2. The van der Waals surface area contributed by atoms with Crippen LogP contribution >= 0.6 is 11.6 Å². The van der Waals surface area contributed by atoms with E-state index in [4.69, 9.17) is 11.6 Å². The number of aliphatic hydroxyl groups excluding tert-OH is 1. The number of carbonyl (C=O) groups excluding carboxylic acids is 2. The number of hydrogen-bond acceptors (Lipinski definition) is 5. The summed E-state index contributed by atoms with van der Waals surface area (Å²) in [6.45, 7) is 1.29. The first kappa shape index (κ1) is 19.1. The molecule has 1 aromatic carbocycles. The minimum Gasteiger partial charge on any atom is -0.511 e. The first-order valence-corrected chi connectivity index (χ1v) is 8.41. The fourth-order valence-electron chi connectivity index (χ4n) is 2.43. The first-order chi connectivity index (χ1) is 11.9. The van der Waals surface area contributed by atoms with E-state index >= 15 is 0 Å². The van der Waals surface area contributed by atoms with Gasteiger partial charge in [0.1, 0.15) is 5.76 Å². The molecule has 0 fully saturated rings. The maximum Gasteiger partial charge on any atom is 0.228 e. The van der Waals surface area contributed by atoms with E-state index in [0.29, 0.717) is 17.3 Å². The third-order valence-corrected chi connectivity index (χ3v) is 4.11. The molecule has 25 heavy (non-hydrogen) atoms. The lowest BCUT2D eigenvalue weighted by Gasteiger charge is -2.21. The van der Waals surface area contributed by atoms with Gasteiger partial charge in [0.25, 0.3) is 0 Å². The molecular formula is C18H22ClN3O3. The van der Waals surface area contributed by atoms with E-state index in [2.05, 4.69) is 10.3 Å². The Hall–Kier alpha value is -2.18. The van der Waals surface area contributed by atoms with Gasteiger partial charge in [-0.05, 0) is 38.4 Å². The summed E-state index contributed by atoms with van der Waals surface area (Å²) in [5.41, 5.74) is 0.802. The van der Waals surface area contributed by atoms with Crippen LogP contribution in [0.5, 0.6) is 0 Å². The van der Waals surface area contributed by atoms with Crippen LogP contribution in [0.1, 0.15) is 12.8 Å². The summed E-state index contributed by atoms with van der Waals surface area (Å²) < 4.78 is 0. The summed E-state index contributed by atoms with van der Waals surface area (Å²) >= 11 is 5.81. The largest absolute Gasteiger partial charge is 0.511 e. The van der Waals surface area contributed by atoms with Crippen molar-refractivity contribution in [1.82, 2.24) is 4.90 Å². The minimum absolute atomic E-state index is 0.0541. The van der Waals surface area contributed by atoms with Gasteiger partial charge in [0.2, 0.25) is 5.91 Å². The molecule has 0 spiro atoms. The highest BCUT2D eigenvalue weighted by Crippen LogP contribution is 2.26. The number of benzene rings is 1. The monoisotopic (exact) mass is 363 g/mol. The number of aliphatic imine (C=N–C) groups is 1. The van der Waals surface area contributed by atoms with Gasteiger partial charge in [-0.3, -0.25) is 14.6 Å². The molecule has 1 unspecified atom stereocenters. The topological polar surface area (TPSA) is 82.0 Å². The summed E-state index contributed by atoms with van der Waals surface area (Å²) in [6.07, 6.45) is 1.59. The van der Waals surface area contributed by atoms with Crippen LogP contribution in [0.25, 0.3) is 0 Å². The van der Waals surface area contributed by atoms with E-state index in [1.807, 2.05) is 19.0 Å². The van der Waals surface area contributed by atoms with Crippen LogP contribution < -0.4 is 5.32 Å². The SMILES string of the molecule is CN(C)CCN=CC1=C(O)CC(C(=O)Nc2ccc(Cl)cc2)CC1=O. The quantitative estimate of drug-likeness (QED) is 0.761. The van der Waals surface area contributed by atoms with Gasteiger partial charge in [0.05, 0.1) is 18.0 Å². The molecule has 0 radical (unpaired) electrons.